The van der Waals surface area contributed by atoms with Gasteiger partial charge >= 0.3 is 0 Å². The van der Waals surface area contributed by atoms with E-state index in [0.717, 1.165) is 10.6 Å². The summed E-state index contributed by atoms with van der Waals surface area (Å²) in [6.45, 7) is 0. The molecule has 7 heteroatoms. The number of hydrogen-bond donors (Lipinski definition) is 2. The van der Waals surface area contributed by atoms with Crippen LogP contribution in [0.4, 0.5) is 11.5 Å². The van der Waals surface area contributed by atoms with Crippen LogP contribution in [0.2, 0.25) is 0 Å². The lowest BCUT2D eigenvalue weighted by molar-refractivity contribution is -0.115. The first-order valence-corrected chi connectivity index (χ1v) is 7.48. The molecule has 0 saturated carbocycles. The Balaban J connectivity index is 1.82. The zero-order valence-electron chi connectivity index (χ0n) is 11.4. The van der Waals surface area contributed by atoms with E-state index in [4.69, 9.17) is 0 Å². The van der Waals surface area contributed by atoms with Crippen molar-refractivity contribution in [3.8, 4) is 0 Å². The summed E-state index contributed by atoms with van der Waals surface area (Å²) in [5.74, 6) is 0.970. The minimum absolute atomic E-state index is 0.0245. The monoisotopic (exact) mass is 302 g/mol. The third kappa shape index (κ3) is 3.08. The number of hydrogen-bond acceptors (Lipinski definition) is 4. The van der Waals surface area contributed by atoms with Crippen molar-refractivity contribution in [2.45, 2.75) is 11.3 Å². The fourth-order valence-electron chi connectivity index (χ4n) is 2.03. The minimum atomic E-state index is -0.250. The van der Waals surface area contributed by atoms with Crippen LogP contribution >= 0.6 is 11.8 Å². The fraction of sp³-hybridized carbons (Fsp3) is 0.214. The number of rotatable bonds is 2. The molecule has 1 aromatic heterocycles. The summed E-state index contributed by atoms with van der Waals surface area (Å²) in [4.78, 5) is 24.8. The Hall–Kier alpha value is -2.28. The van der Waals surface area contributed by atoms with Gasteiger partial charge in [-0.2, -0.15) is 5.10 Å². The van der Waals surface area contributed by atoms with Gasteiger partial charge in [0.1, 0.15) is 0 Å². The first-order chi connectivity index (χ1) is 10.1. The van der Waals surface area contributed by atoms with Crippen LogP contribution in [-0.4, -0.2) is 27.3 Å². The SMILES string of the molecule is Cn1ccc(NC(=O)c2ccc3c(c2)NC(=O)CCS3)n1. The maximum atomic E-state index is 12.2. The van der Waals surface area contributed by atoms with Gasteiger partial charge in [-0.05, 0) is 18.2 Å². The molecule has 2 N–H and O–H groups in total. The van der Waals surface area contributed by atoms with Crippen LogP contribution in [0.3, 0.4) is 0 Å². The molecule has 0 spiro atoms. The first-order valence-electron chi connectivity index (χ1n) is 6.49. The Morgan fingerprint density at radius 1 is 1.43 bits per heavy atom. The van der Waals surface area contributed by atoms with Gasteiger partial charge in [-0.25, -0.2) is 0 Å². The van der Waals surface area contributed by atoms with E-state index in [0.29, 0.717) is 23.5 Å². The second-order valence-corrected chi connectivity index (χ2v) is 5.82. The van der Waals surface area contributed by atoms with Crippen molar-refractivity contribution < 1.29 is 9.59 Å². The van der Waals surface area contributed by atoms with Crippen LogP contribution in [0.25, 0.3) is 0 Å². The van der Waals surface area contributed by atoms with E-state index in [2.05, 4.69) is 15.7 Å². The second kappa shape index (κ2) is 5.61. The van der Waals surface area contributed by atoms with E-state index in [-0.39, 0.29) is 11.8 Å². The number of amides is 2. The van der Waals surface area contributed by atoms with Gasteiger partial charge in [0.15, 0.2) is 5.82 Å². The fourth-order valence-corrected chi connectivity index (χ4v) is 2.97. The van der Waals surface area contributed by atoms with E-state index < -0.39 is 0 Å². The summed E-state index contributed by atoms with van der Waals surface area (Å²) >= 11 is 1.61. The van der Waals surface area contributed by atoms with Crippen molar-refractivity contribution in [3.05, 3.63) is 36.0 Å². The van der Waals surface area contributed by atoms with Crippen LogP contribution in [-0.2, 0) is 11.8 Å². The van der Waals surface area contributed by atoms with Crippen LogP contribution in [0.5, 0.6) is 0 Å². The summed E-state index contributed by atoms with van der Waals surface area (Å²) < 4.78 is 1.61. The molecule has 3 rings (SSSR count). The van der Waals surface area contributed by atoms with Crippen molar-refractivity contribution >= 4 is 35.1 Å². The first kappa shape index (κ1) is 13.7. The number of carbonyl (C=O) groups excluding carboxylic acids is 2. The molecule has 21 heavy (non-hydrogen) atoms. The van der Waals surface area contributed by atoms with Gasteiger partial charge in [-0.3, -0.25) is 14.3 Å². The number of benzene rings is 1. The second-order valence-electron chi connectivity index (χ2n) is 4.69. The number of fused-ring (bicyclic) bond motifs is 1. The predicted molar refractivity (Wildman–Crippen MR) is 81.6 cm³/mol. The average molecular weight is 302 g/mol. The lowest BCUT2D eigenvalue weighted by Gasteiger charge is -2.08. The smallest absolute Gasteiger partial charge is 0.256 e. The highest BCUT2D eigenvalue weighted by molar-refractivity contribution is 7.99. The number of thioether (sulfide) groups is 1. The van der Waals surface area contributed by atoms with Gasteiger partial charge in [-0.15, -0.1) is 11.8 Å². The van der Waals surface area contributed by atoms with Crippen molar-refractivity contribution in [1.82, 2.24) is 9.78 Å². The topological polar surface area (TPSA) is 76.0 Å². The number of aromatic nitrogens is 2. The van der Waals surface area contributed by atoms with Crippen LogP contribution in [0, 0.1) is 0 Å². The van der Waals surface area contributed by atoms with Crippen molar-refractivity contribution in [2.24, 2.45) is 7.05 Å². The summed E-state index contributed by atoms with van der Waals surface area (Å²) in [5, 5.41) is 9.65. The molecule has 0 radical (unpaired) electrons. The molecule has 1 aliphatic rings. The van der Waals surface area contributed by atoms with Gasteiger partial charge in [0.2, 0.25) is 5.91 Å². The van der Waals surface area contributed by atoms with Gasteiger partial charge in [-0.1, -0.05) is 0 Å². The highest BCUT2D eigenvalue weighted by Crippen LogP contribution is 2.31. The highest BCUT2D eigenvalue weighted by atomic mass is 32.2. The molecule has 0 bridgehead atoms. The van der Waals surface area contributed by atoms with Gasteiger partial charge in [0.25, 0.3) is 5.91 Å². The van der Waals surface area contributed by atoms with Gasteiger partial charge in [0.05, 0.1) is 5.69 Å². The third-order valence-electron chi connectivity index (χ3n) is 3.06. The number of aryl methyl sites for hydroxylation is 1. The van der Waals surface area contributed by atoms with Crippen molar-refractivity contribution in [3.63, 3.8) is 0 Å². The Morgan fingerprint density at radius 3 is 3.05 bits per heavy atom. The molecular weight excluding hydrogens is 288 g/mol. The standard InChI is InChI=1S/C14H14N4O2S/c1-18-6-4-12(17-18)16-14(20)9-2-3-11-10(8-9)15-13(19)5-7-21-11/h2-4,6,8H,5,7H2,1H3,(H,15,19)(H,16,17,20). The average Bonchev–Trinajstić information content (AvgIpc) is 2.75. The molecule has 2 heterocycles. The summed E-state index contributed by atoms with van der Waals surface area (Å²) in [7, 11) is 1.78. The molecule has 0 atom stereocenters. The molecule has 1 aromatic carbocycles. The van der Waals surface area contributed by atoms with E-state index >= 15 is 0 Å². The van der Waals surface area contributed by atoms with Crippen molar-refractivity contribution in [1.29, 1.82) is 0 Å². The number of anilines is 2. The quantitative estimate of drug-likeness (QED) is 0.891. The Morgan fingerprint density at radius 2 is 2.29 bits per heavy atom. The molecule has 0 fully saturated rings. The lowest BCUT2D eigenvalue weighted by Crippen LogP contribution is -2.14. The molecule has 0 saturated heterocycles. The Labute approximate surface area is 125 Å². The lowest BCUT2D eigenvalue weighted by atomic mass is 10.2. The number of nitrogens with one attached hydrogen (secondary N) is 2. The molecule has 108 valence electrons. The third-order valence-corrected chi connectivity index (χ3v) is 4.13. The Bertz CT molecular complexity index is 711. The molecular formula is C14H14N4O2S. The molecule has 2 amide bonds. The molecule has 6 nitrogen and oxygen atoms in total. The summed E-state index contributed by atoms with van der Waals surface area (Å²) in [5.41, 5.74) is 1.18. The molecule has 0 unspecified atom stereocenters. The summed E-state index contributed by atoms with van der Waals surface area (Å²) in [6, 6.07) is 7.03. The maximum absolute atomic E-state index is 12.2. The Kier molecular flexibility index (Phi) is 3.66. The predicted octanol–water partition coefficient (Wildman–Crippen LogP) is 2.11. The molecule has 0 aliphatic carbocycles. The van der Waals surface area contributed by atoms with E-state index in [1.165, 1.54) is 0 Å². The van der Waals surface area contributed by atoms with Crippen molar-refractivity contribution in [2.75, 3.05) is 16.4 Å². The minimum Gasteiger partial charge on any atom is -0.325 e. The maximum Gasteiger partial charge on any atom is 0.256 e. The molecule has 2 aromatic rings. The highest BCUT2D eigenvalue weighted by Gasteiger charge is 2.16. The zero-order valence-corrected chi connectivity index (χ0v) is 12.2. The largest absolute Gasteiger partial charge is 0.325 e. The number of carbonyl (C=O) groups is 2. The normalized spacial score (nSPS) is 14.0. The summed E-state index contributed by atoms with van der Waals surface area (Å²) in [6.07, 6.45) is 2.23. The van der Waals surface area contributed by atoms with Crippen LogP contribution in [0.1, 0.15) is 16.8 Å². The van der Waals surface area contributed by atoms with Gasteiger partial charge in [0, 0.05) is 41.9 Å². The van der Waals surface area contributed by atoms with Gasteiger partial charge < -0.3 is 10.6 Å². The molecule has 1 aliphatic heterocycles. The zero-order chi connectivity index (χ0) is 14.8. The van der Waals surface area contributed by atoms with E-state index in [1.807, 2.05) is 6.07 Å². The van der Waals surface area contributed by atoms with E-state index in [9.17, 15) is 9.59 Å². The van der Waals surface area contributed by atoms with Crippen LogP contribution < -0.4 is 10.6 Å². The van der Waals surface area contributed by atoms with Crippen LogP contribution in [0.15, 0.2) is 35.4 Å². The van der Waals surface area contributed by atoms with E-state index in [1.54, 1.807) is 47.9 Å². The number of nitrogens with zero attached hydrogens (tertiary/aromatic N) is 2.